The van der Waals surface area contributed by atoms with Gasteiger partial charge in [0.15, 0.2) is 0 Å². The molecule has 1 saturated carbocycles. The summed E-state index contributed by atoms with van der Waals surface area (Å²) in [4.78, 5) is 12.0. The summed E-state index contributed by atoms with van der Waals surface area (Å²) in [5.41, 5.74) is 10.7. The van der Waals surface area contributed by atoms with Crippen molar-refractivity contribution in [1.29, 1.82) is 0 Å². The Balaban J connectivity index is 1.34. The zero-order valence-electron chi connectivity index (χ0n) is 14.3. The largest absolute Gasteiger partial charge is 0.449 e. The molecule has 2 aliphatic rings. The van der Waals surface area contributed by atoms with Crippen molar-refractivity contribution in [3.05, 3.63) is 59.7 Å². The summed E-state index contributed by atoms with van der Waals surface area (Å²) in [6.07, 6.45) is 2.81. The number of carbonyl (C=O) groups is 1. The first kappa shape index (κ1) is 16.2. The summed E-state index contributed by atoms with van der Waals surface area (Å²) in [6.45, 7) is 1.03. The summed E-state index contributed by atoms with van der Waals surface area (Å²) in [5.74, 6) is 0.770. The van der Waals surface area contributed by atoms with Crippen LogP contribution in [0.4, 0.5) is 4.79 Å². The van der Waals surface area contributed by atoms with Gasteiger partial charge in [-0.15, -0.1) is 0 Å². The second-order valence-electron chi connectivity index (χ2n) is 7.14. The molecule has 0 heterocycles. The Morgan fingerprint density at radius 2 is 1.64 bits per heavy atom. The molecule has 4 nitrogen and oxygen atoms in total. The number of amides is 1. The van der Waals surface area contributed by atoms with E-state index >= 15 is 0 Å². The number of hydrogen-bond donors (Lipinski definition) is 2. The van der Waals surface area contributed by atoms with Gasteiger partial charge >= 0.3 is 6.09 Å². The van der Waals surface area contributed by atoms with Crippen molar-refractivity contribution in [2.45, 2.75) is 31.2 Å². The first-order valence-corrected chi connectivity index (χ1v) is 9.07. The standard InChI is InChI=1S/C21H24N2O2/c22-15-11-14(12-15)9-10-23-21(24)25-13-20-18-7-3-1-5-16(18)17-6-2-4-8-19(17)20/h1-8,14-15,20H,9-13,22H2,(H,23,24). The van der Waals surface area contributed by atoms with Gasteiger partial charge in [0.05, 0.1) is 0 Å². The first-order valence-electron chi connectivity index (χ1n) is 9.07. The number of nitrogens with two attached hydrogens (primary N) is 1. The highest BCUT2D eigenvalue weighted by atomic mass is 16.5. The van der Waals surface area contributed by atoms with Crippen LogP contribution in [0.5, 0.6) is 0 Å². The maximum Gasteiger partial charge on any atom is 0.407 e. The van der Waals surface area contributed by atoms with Gasteiger partial charge < -0.3 is 15.8 Å². The molecule has 0 atom stereocenters. The first-order chi connectivity index (χ1) is 12.2. The number of fused-ring (bicyclic) bond motifs is 3. The van der Waals surface area contributed by atoms with E-state index in [1.807, 2.05) is 12.1 Å². The Labute approximate surface area is 148 Å². The summed E-state index contributed by atoms with van der Waals surface area (Å²) >= 11 is 0. The highest BCUT2D eigenvalue weighted by molar-refractivity contribution is 5.79. The van der Waals surface area contributed by atoms with Gasteiger partial charge in [0.25, 0.3) is 0 Å². The van der Waals surface area contributed by atoms with Crippen molar-refractivity contribution in [2.75, 3.05) is 13.2 Å². The smallest absolute Gasteiger partial charge is 0.407 e. The van der Waals surface area contributed by atoms with E-state index in [9.17, 15) is 4.79 Å². The second-order valence-corrected chi connectivity index (χ2v) is 7.14. The van der Waals surface area contributed by atoms with E-state index < -0.39 is 0 Å². The minimum Gasteiger partial charge on any atom is -0.449 e. The highest BCUT2D eigenvalue weighted by Gasteiger charge is 2.29. The molecule has 0 aromatic heterocycles. The van der Waals surface area contributed by atoms with Gasteiger partial charge in [0.1, 0.15) is 6.61 Å². The van der Waals surface area contributed by atoms with Crippen LogP contribution in [0.25, 0.3) is 11.1 Å². The third-order valence-electron chi connectivity index (χ3n) is 5.44. The van der Waals surface area contributed by atoms with Gasteiger partial charge in [-0.2, -0.15) is 0 Å². The van der Waals surface area contributed by atoms with E-state index in [2.05, 4.69) is 41.7 Å². The topological polar surface area (TPSA) is 64.3 Å². The molecule has 4 rings (SSSR count). The zero-order valence-corrected chi connectivity index (χ0v) is 14.3. The van der Waals surface area contributed by atoms with Gasteiger partial charge in [-0.1, -0.05) is 48.5 Å². The van der Waals surface area contributed by atoms with Gasteiger partial charge in [-0.05, 0) is 47.4 Å². The Kier molecular flexibility index (Phi) is 4.45. The summed E-state index contributed by atoms with van der Waals surface area (Å²) in [7, 11) is 0. The third-order valence-corrected chi connectivity index (χ3v) is 5.44. The normalized spacial score (nSPS) is 21.2. The van der Waals surface area contributed by atoms with Crippen molar-refractivity contribution in [3.8, 4) is 11.1 Å². The number of alkyl carbamates (subject to hydrolysis) is 1. The lowest BCUT2D eigenvalue weighted by atomic mass is 9.79. The predicted octanol–water partition coefficient (Wildman–Crippen LogP) is 3.65. The minimum absolute atomic E-state index is 0.114. The van der Waals surface area contributed by atoms with Crippen molar-refractivity contribution < 1.29 is 9.53 Å². The van der Waals surface area contributed by atoms with Crippen LogP contribution in [0.2, 0.25) is 0 Å². The quantitative estimate of drug-likeness (QED) is 0.876. The molecule has 0 saturated heterocycles. The van der Waals surface area contributed by atoms with Crippen LogP contribution in [-0.2, 0) is 4.74 Å². The van der Waals surface area contributed by atoms with E-state index in [1.165, 1.54) is 22.3 Å². The number of nitrogens with one attached hydrogen (secondary N) is 1. The maximum absolute atomic E-state index is 12.0. The molecular formula is C21H24N2O2. The molecule has 0 radical (unpaired) electrons. The highest BCUT2D eigenvalue weighted by Crippen LogP contribution is 2.44. The average Bonchev–Trinajstić information content (AvgIpc) is 2.92. The molecule has 1 fully saturated rings. The SMILES string of the molecule is NC1CC(CCNC(=O)OCC2c3ccccc3-c3ccccc32)C1. The van der Waals surface area contributed by atoms with E-state index in [0.29, 0.717) is 25.1 Å². The number of carbonyl (C=O) groups excluding carboxylic acids is 1. The summed E-state index contributed by atoms with van der Waals surface area (Å²) < 4.78 is 5.52. The van der Waals surface area contributed by atoms with Crippen LogP contribution in [-0.4, -0.2) is 25.3 Å². The Morgan fingerprint density at radius 1 is 1.04 bits per heavy atom. The van der Waals surface area contributed by atoms with E-state index in [0.717, 1.165) is 19.3 Å². The predicted molar refractivity (Wildman–Crippen MR) is 98.4 cm³/mol. The molecule has 2 aromatic rings. The van der Waals surface area contributed by atoms with Crippen molar-refractivity contribution in [3.63, 3.8) is 0 Å². The van der Waals surface area contributed by atoms with E-state index in [-0.39, 0.29) is 12.0 Å². The number of ether oxygens (including phenoxy) is 1. The van der Waals surface area contributed by atoms with Crippen molar-refractivity contribution in [1.82, 2.24) is 5.32 Å². The van der Waals surface area contributed by atoms with Gasteiger partial charge in [-0.25, -0.2) is 4.79 Å². The minimum atomic E-state index is -0.328. The molecule has 0 spiro atoms. The van der Waals surface area contributed by atoms with E-state index in [1.54, 1.807) is 0 Å². The maximum atomic E-state index is 12.0. The molecule has 25 heavy (non-hydrogen) atoms. The molecule has 3 N–H and O–H groups in total. The second kappa shape index (κ2) is 6.89. The van der Waals surface area contributed by atoms with Crippen LogP contribution in [0.3, 0.4) is 0 Å². The molecule has 0 unspecified atom stereocenters. The lowest BCUT2D eigenvalue weighted by Crippen LogP contribution is -2.38. The van der Waals surface area contributed by atoms with E-state index in [4.69, 9.17) is 10.5 Å². The molecule has 4 heteroatoms. The summed E-state index contributed by atoms with van der Waals surface area (Å²) in [5, 5.41) is 2.87. The molecule has 1 amide bonds. The fourth-order valence-corrected chi connectivity index (χ4v) is 4.05. The summed E-state index contributed by atoms with van der Waals surface area (Å²) in [6, 6.07) is 17.1. The van der Waals surface area contributed by atoms with Gasteiger partial charge in [-0.3, -0.25) is 0 Å². The molecule has 0 aliphatic heterocycles. The number of rotatable bonds is 5. The van der Waals surface area contributed by atoms with Crippen LogP contribution >= 0.6 is 0 Å². The van der Waals surface area contributed by atoms with Crippen molar-refractivity contribution >= 4 is 6.09 Å². The Bertz CT molecular complexity index is 722. The molecule has 0 bridgehead atoms. The molecule has 130 valence electrons. The monoisotopic (exact) mass is 336 g/mol. The lowest BCUT2D eigenvalue weighted by molar-refractivity contribution is 0.141. The fourth-order valence-electron chi connectivity index (χ4n) is 4.05. The Hall–Kier alpha value is -2.33. The van der Waals surface area contributed by atoms with Crippen LogP contribution in [0.15, 0.2) is 48.5 Å². The van der Waals surface area contributed by atoms with Crippen LogP contribution in [0, 0.1) is 5.92 Å². The molecule has 2 aliphatic carbocycles. The molecule has 2 aromatic carbocycles. The number of hydrogen-bond acceptors (Lipinski definition) is 3. The van der Waals surface area contributed by atoms with Gasteiger partial charge in [0, 0.05) is 18.5 Å². The van der Waals surface area contributed by atoms with Crippen LogP contribution in [0.1, 0.15) is 36.3 Å². The van der Waals surface area contributed by atoms with Crippen LogP contribution < -0.4 is 11.1 Å². The third kappa shape index (κ3) is 3.27. The van der Waals surface area contributed by atoms with Gasteiger partial charge in [0.2, 0.25) is 0 Å². The Morgan fingerprint density at radius 3 is 2.24 bits per heavy atom. The molecular weight excluding hydrogens is 312 g/mol. The fraction of sp³-hybridized carbons (Fsp3) is 0.381. The zero-order chi connectivity index (χ0) is 17.2. The number of benzene rings is 2. The lowest BCUT2D eigenvalue weighted by Gasteiger charge is -2.32. The van der Waals surface area contributed by atoms with Crippen molar-refractivity contribution in [2.24, 2.45) is 11.7 Å². The average molecular weight is 336 g/mol.